The van der Waals surface area contributed by atoms with E-state index in [2.05, 4.69) is 38.2 Å². The Morgan fingerprint density at radius 1 is 1.16 bits per heavy atom. The minimum Gasteiger partial charge on any atom is -0.497 e. The molecule has 1 aromatic rings. The molecule has 0 spiro atoms. The fourth-order valence-corrected chi connectivity index (χ4v) is 5.28. The standard InChI is InChI=1S/C26H39NO5/c1-25(2,3)22(32-5)14-18(23(28)29)16-26(12-6-7-13-26)24(30)27-21-15-20(21)17-8-10-19(31-4)11-9-17/h8-11,18,20-22H,6-7,12-16H2,1-5H3,(H,27,30)(H,28,29). The van der Waals surface area contributed by atoms with Crippen LogP contribution in [0.3, 0.4) is 0 Å². The van der Waals surface area contributed by atoms with Gasteiger partial charge in [-0.2, -0.15) is 0 Å². The Hall–Kier alpha value is -2.08. The van der Waals surface area contributed by atoms with Gasteiger partial charge >= 0.3 is 5.97 Å². The molecule has 1 amide bonds. The van der Waals surface area contributed by atoms with Gasteiger partial charge in [0.05, 0.1) is 24.5 Å². The van der Waals surface area contributed by atoms with Crippen LogP contribution in [-0.2, 0) is 14.3 Å². The molecule has 6 nitrogen and oxygen atoms in total. The molecule has 2 aliphatic rings. The summed E-state index contributed by atoms with van der Waals surface area (Å²) in [4.78, 5) is 25.6. The van der Waals surface area contributed by atoms with E-state index >= 15 is 0 Å². The zero-order chi connectivity index (χ0) is 23.5. The van der Waals surface area contributed by atoms with Crippen molar-refractivity contribution < 1.29 is 24.2 Å². The number of carbonyl (C=O) groups is 2. The summed E-state index contributed by atoms with van der Waals surface area (Å²) in [5, 5.41) is 13.2. The Morgan fingerprint density at radius 3 is 2.28 bits per heavy atom. The first kappa shape index (κ1) is 24.6. The molecular formula is C26H39NO5. The smallest absolute Gasteiger partial charge is 0.306 e. The second-order valence-corrected chi connectivity index (χ2v) is 10.7. The lowest BCUT2D eigenvalue weighted by Gasteiger charge is -2.35. The van der Waals surface area contributed by atoms with Crippen molar-refractivity contribution >= 4 is 11.9 Å². The molecule has 32 heavy (non-hydrogen) atoms. The van der Waals surface area contributed by atoms with Crippen molar-refractivity contribution in [1.29, 1.82) is 0 Å². The molecule has 3 rings (SSSR count). The van der Waals surface area contributed by atoms with Crippen LogP contribution in [0.2, 0.25) is 0 Å². The van der Waals surface area contributed by atoms with E-state index in [1.165, 1.54) is 5.56 Å². The fourth-order valence-electron chi connectivity index (χ4n) is 5.28. The van der Waals surface area contributed by atoms with Gasteiger partial charge in [-0.25, -0.2) is 0 Å². The van der Waals surface area contributed by atoms with Gasteiger partial charge in [-0.3, -0.25) is 9.59 Å². The molecule has 1 aromatic carbocycles. The quantitative estimate of drug-likeness (QED) is 0.542. The third-order valence-electron chi connectivity index (χ3n) is 7.43. The maximum Gasteiger partial charge on any atom is 0.306 e. The van der Waals surface area contributed by atoms with Gasteiger partial charge in [0.1, 0.15) is 5.75 Å². The molecule has 0 aromatic heterocycles. The molecular weight excluding hydrogens is 406 g/mol. The van der Waals surface area contributed by atoms with Crippen LogP contribution in [-0.4, -0.2) is 43.3 Å². The number of carbonyl (C=O) groups excluding carboxylic acids is 1. The van der Waals surface area contributed by atoms with Gasteiger partial charge in [0.2, 0.25) is 5.91 Å². The summed E-state index contributed by atoms with van der Waals surface area (Å²) in [6, 6.07) is 8.13. The molecule has 0 aliphatic heterocycles. The maximum atomic E-state index is 13.5. The Bertz CT molecular complexity index is 791. The number of hydrogen-bond donors (Lipinski definition) is 2. The van der Waals surface area contributed by atoms with Gasteiger partial charge < -0.3 is 19.9 Å². The third kappa shape index (κ3) is 5.64. The van der Waals surface area contributed by atoms with E-state index in [-0.39, 0.29) is 23.5 Å². The molecule has 0 saturated heterocycles. The van der Waals surface area contributed by atoms with Crippen LogP contribution in [0.25, 0.3) is 0 Å². The lowest BCUT2D eigenvalue weighted by Crippen LogP contribution is -2.43. The van der Waals surface area contributed by atoms with Crippen molar-refractivity contribution in [1.82, 2.24) is 5.32 Å². The summed E-state index contributed by atoms with van der Waals surface area (Å²) in [6.07, 6.45) is 5.01. The highest BCUT2D eigenvalue weighted by molar-refractivity contribution is 5.84. The van der Waals surface area contributed by atoms with E-state index in [0.717, 1.165) is 37.9 Å². The Morgan fingerprint density at radius 2 is 1.78 bits per heavy atom. The number of carboxylic acids is 1. The van der Waals surface area contributed by atoms with Gasteiger partial charge in [-0.1, -0.05) is 45.7 Å². The molecule has 0 bridgehead atoms. The molecule has 2 aliphatic carbocycles. The third-order valence-corrected chi connectivity index (χ3v) is 7.43. The number of benzene rings is 1. The van der Waals surface area contributed by atoms with Crippen LogP contribution in [0, 0.1) is 16.7 Å². The fraction of sp³-hybridized carbons (Fsp3) is 0.692. The van der Waals surface area contributed by atoms with E-state index < -0.39 is 17.3 Å². The highest BCUT2D eigenvalue weighted by Crippen LogP contribution is 2.47. The van der Waals surface area contributed by atoms with E-state index in [1.807, 2.05) is 12.1 Å². The molecule has 6 heteroatoms. The van der Waals surface area contributed by atoms with Crippen molar-refractivity contribution in [2.24, 2.45) is 16.7 Å². The summed E-state index contributed by atoms with van der Waals surface area (Å²) >= 11 is 0. The minimum atomic E-state index is -0.835. The largest absolute Gasteiger partial charge is 0.497 e. The SMILES string of the molecule is COc1ccc(C2CC2NC(=O)C2(CC(CC(OC)C(C)(C)C)C(=O)O)CCCC2)cc1. The van der Waals surface area contributed by atoms with Crippen LogP contribution in [0.1, 0.15) is 77.2 Å². The Kier molecular flexibility index (Phi) is 7.53. The molecule has 2 saturated carbocycles. The first-order valence-corrected chi connectivity index (χ1v) is 11.8. The van der Waals surface area contributed by atoms with E-state index in [1.54, 1.807) is 14.2 Å². The Balaban J connectivity index is 1.67. The highest BCUT2D eigenvalue weighted by atomic mass is 16.5. The number of ether oxygens (including phenoxy) is 2. The molecule has 2 N–H and O–H groups in total. The second-order valence-electron chi connectivity index (χ2n) is 10.7. The van der Waals surface area contributed by atoms with Crippen molar-refractivity contribution in [2.45, 2.75) is 83.8 Å². The molecule has 4 unspecified atom stereocenters. The van der Waals surface area contributed by atoms with Crippen LogP contribution >= 0.6 is 0 Å². The summed E-state index contributed by atoms with van der Waals surface area (Å²) in [7, 11) is 3.29. The van der Waals surface area contributed by atoms with E-state index in [0.29, 0.717) is 18.8 Å². The average molecular weight is 446 g/mol. The first-order chi connectivity index (χ1) is 15.1. The van der Waals surface area contributed by atoms with Crippen molar-refractivity contribution in [3.63, 3.8) is 0 Å². The summed E-state index contributed by atoms with van der Waals surface area (Å²) < 4.78 is 10.9. The second kappa shape index (κ2) is 9.82. The Labute approximate surface area is 192 Å². The van der Waals surface area contributed by atoms with Gasteiger partial charge in [-0.15, -0.1) is 0 Å². The molecule has 0 heterocycles. The minimum absolute atomic E-state index is 0.0342. The zero-order valence-electron chi connectivity index (χ0n) is 20.1. The number of carboxylic acid groups (broad SMARTS) is 1. The highest BCUT2D eigenvalue weighted by Gasteiger charge is 2.48. The topological polar surface area (TPSA) is 84.9 Å². The van der Waals surface area contributed by atoms with Crippen molar-refractivity contribution in [3.05, 3.63) is 29.8 Å². The monoisotopic (exact) mass is 445 g/mol. The number of methoxy groups -OCH3 is 2. The van der Waals surface area contributed by atoms with Gasteiger partial charge in [0.25, 0.3) is 0 Å². The zero-order valence-corrected chi connectivity index (χ0v) is 20.1. The van der Waals surface area contributed by atoms with Crippen molar-refractivity contribution in [2.75, 3.05) is 14.2 Å². The van der Waals surface area contributed by atoms with Gasteiger partial charge in [0.15, 0.2) is 0 Å². The van der Waals surface area contributed by atoms with Gasteiger partial charge in [-0.05, 0) is 55.2 Å². The van der Waals surface area contributed by atoms with Crippen LogP contribution < -0.4 is 10.1 Å². The lowest BCUT2D eigenvalue weighted by molar-refractivity contribution is -0.146. The molecule has 0 radical (unpaired) electrons. The predicted octanol–water partition coefficient (Wildman–Crippen LogP) is 4.77. The summed E-state index contributed by atoms with van der Waals surface area (Å²) in [5.74, 6) is -0.258. The summed E-state index contributed by atoms with van der Waals surface area (Å²) in [5.41, 5.74) is 0.451. The summed E-state index contributed by atoms with van der Waals surface area (Å²) in [6.45, 7) is 6.18. The normalized spacial score (nSPS) is 23.9. The van der Waals surface area contributed by atoms with Crippen LogP contribution in [0.4, 0.5) is 0 Å². The first-order valence-electron chi connectivity index (χ1n) is 11.8. The number of rotatable bonds is 10. The molecule has 4 atom stereocenters. The molecule has 178 valence electrons. The van der Waals surface area contributed by atoms with Crippen LogP contribution in [0.5, 0.6) is 5.75 Å². The van der Waals surface area contributed by atoms with Gasteiger partial charge in [0, 0.05) is 19.1 Å². The number of amides is 1. The maximum absolute atomic E-state index is 13.5. The number of hydrogen-bond acceptors (Lipinski definition) is 4. The van der Waals surface area contributed by atoms with Crippen LogP contribution in [0.15, 0.2) is 24.3 Å². The van der Waals surface area contributed by atoms with Crippen molar-refractivity contribution in [3.8, 4) is 5.75 Å². The predicted molar refractivity (Wildman–Crippen MR) is 124 cm³/mol. The number of nitrogens with one attached hydrogen (secondary N) is 1. The average Bonchev–Trinajstić information content (AvgIpc) is 3.34. The van der Waals surface area contributed by atoms with E-state index in [4.69, 9.17) is 9.47 Å². The lowest BCUT2D eigenvalue weighted by atomic mass is 9.73. The number of aliphatic carboxylic acids is 1. The molecule has 2 fully saturated rings. The van der Waals surface area contributed by atoms with E-state index in [9.17, 15) is 14.7 Å².